The fourth-order valence-electron chi connectivity index (χ4n) is 1.35. The van der Waals surface area contributed by atoms with Crippen LogP contribution in [-0.2, 0) is 6.42 Å². The van der Waals surface area contributed by atoms with Crippen molar-refractivity contribution in [3.8, 4) is 5.75 Å². The third kappa shape index (κ3) is 4.28. The Balaban J connectivity index is 2.21. The summed E-state index contributed by atoms with van der Waals surface area (Å²) in [7, 11) is 0. The van der Waals surface area contributed by atoms with Crippen molar-refractivity contribution in [3.05, 3.63) is 29.8 Å². The summed E-state index contributed by atoms with van der Waals surface area (Å²) in [6.07, 6.45) is 2.21. The van der Waals surface area contributed by atoms with Crippen molar-refractivity contribution in [3.63, 3.8) is 0 Å². The minimum Gasteiger partial charge on any atom is -0.508 e. The number of phenolic OH excluding ortho intramolecular Hbond substituents is 1. The molecule has 2 nitrogen and oxygen atoms in total. The van der Waals surface area contributed by atoms with Crippen LogP contribution in [0, 0.1) is 0 Å². The summed E-state index contributed by atoms with van der Waals surface area (Å²) in [5.74, 6) is 0.342. The Labute approximate surface area is 86.0 Å². The van der Waals surface area contributed by atoms with Crippen LogP contribution in [0.1, 0.15) is 25.8 Å². The number of nitrogens with one attached hydrogen (secondary N) is 1. The molecule has 1 rings (SSSR count). The lowest BCUT2D eigenvalue weighted by Crippen LogP contribution is -2.23. The highest BCUT2D eigenvalue weighted by Gasteiger charge is 1.95. The maximum absolute atomic E-state index is 9.09. The maximum atomic E-state index is 9.09. The summed E-state index contributed by atoms with van der Waals surface area (Å²) in [6.45, 7) is 5.36. The topological polar surface area (TPSA) is 32.3 Å². The Bertz CT molecular complexity index is 254. The minimum atomic E-state index is 0.342. The first kappa shape index (κ1) is 11.1. The molecule has 0 atom stereocenters. The van der Waals surface area contributed by atoms with E-state index < -0.39 is 0 Å². The molecule has 0 saturated heterocycles. The molecule has 78 valence electrons. The van der Waals surface area contributed by atoms with E-state index in [1.165, 1.54) is 5.56 Å². The lowest BCUT2D eigenvalue weighted by Gasteiger charge is -2.07. The van der Waals surface area contributed by atoms with Crippen LogP contribution in [0.2, 0.25) is 0 Å². The zero-order valence-corrected chi connectivity index (χ0v) is 8.96. The van der Waals surface area contributed by atoms with Gasteiger partial charge in [0.15, 0.2) is 0 Å². The number of aryl methyl sites for hydroxylation is 1. The zero-order chi connectivity index (χ0) is 10.4. The van der Waals surface area contributed by atoms with Crippen LogP contribution in [0.25, 0.3) is 0 Å². The van der Waals surface area contributed by atoms with Crippen molar-refractivity contribution in [2.75, 3.05) is 6.54 Å². The summed E-state index contributed by atoms with van der Waals surface area (Å²) < 4.78 is 0. The second kappa shape index (κ2) is 5.66. The SMILES string of the molecule is CC(C)NCCCc1ccc(O)cc1. The van der Waals surface area contributed by atoms with E-state index in [1.54, 1.807) is 12.1 Å². The van der Waals surface area contributed by atoms with Gasteiger partial charge >= 0.3 is 0 Å². The van der Waals surface area contributed by atoms with Gasteiger partial charge in [0.2, 0.25) is 0 Å². The van der Waals surface area contributed by atoms with E-state index in [1.807, 2.05) is 12.1 Å². The second-order valence-corrected chi connectivity index (χ2v) is 3.88. The standard InChI is InChI=1S/C12H19NO/c1-10(2)13-9-3-4-11-5-7-12(14)8-6-11/h5-8,10,13-14H,3-4,9H2,1-2H3. The van der Waals surface area contributed by atoms with Gasteiger partial charge in [0.05, 0.1) is 0 Å². The van der Waals surface area contributed by atoms with Gasteiger partial charge < -0.3 is 10.4 Å². The zero-order valence-electron chi connectivity index (χ0n) is 8.96. The van der Waals surface area contributed by atoms with Gasteiger partial charge in [-0.3, -0.25) is 0 Å². The Morgan fingerprint density at radius 1 is 1.21 bits per heavy atom. The molecule has 2 heteroatoms. The van der Waals surface area contributed by atoms with Crippen molar-refractivity contribution in [1.82, 2.24) is 5.32 Å². The van der Waals surface area contributed by atoms with Crippen LogP contribution in [0.5, 0.6) is 5.75 Å². The number of hydrogen-bond acceptors (Lipinski definition) is 2. The van der Waals surface area contributed by atoms with Crippen molar-refractivity contribution >= 4 is 0 Å². The Morgan fingerprint density at radius 3 is 2.43 bits per heavy atom. The molecule has 0 fully saturated rings. The smallest absolute Gasteiger partial charge is 0.115 e. The molecule has 0 unspecified atom stereocenters. The quantitative estimate of drug-likeness (QED) is 0.703. The lowest BCUT2D eigenvalue weighted by molar-refractivity contribution is 0.475. The summed E-state index contributed by atoms with van der Waals surface area (Å²) in [5.41, 5.74) is 1.29. The molecule has 0 spiro atoms. The molecular formula is C12H19NO. The Hall–Kier alpha value is -1.02. The molecule has 0 aliphatic heterocycles. The molecule has 1 aromatic rings. The highest BCUT2D eigenvalue weighted by molar-refractivity contribution is 5.25. The van der Waals surface area contributed by atoms with Crippen LogP contribution in [-0.4, -0.2) is 17.7 Å². The fraction of sp³-hybridized carbons (Fsp3) is 0.500. The van der Waals surface area contributed by atoms with Gasteiger partial charge in [-0.2, -0.15) is 0 Å². The summed E-state index contributed by atoms with van der Waals surface area (Å²) >= 11 is 0. The van der Waals surface area contributed by atoms with E-state index in [0.29, 0.717) is 11.8 Å². The van der Waals surface area contributed by atoms with Crippen LogP contribution >= 0.6 is 0 Å². The van der Waals surface area contributed by atoms with E-state index in [4.69, 9.17) is 5.11 Å². The van der Waals surface area contributed by atoms with E-state index in [-0.39, 0.29) is 0 Å². The first-order valence-electron chi connectivity index (χ1n) is 5.20. The molecular weight excluding hydrogens is 174 g/mol. The monoisotopic (exact) mass is 193 g/mol. The first-order valence-corrected chi connectivity index (χ1v) is 5.20. The molecule has 0 amide bonds. The van der Waals surface area contributed by atoms with Crippen molar-refractivity contribution in [2.24, 2.45) is 0 Å². The second-order valence-electron chi connectivity index (χ2n) is 3.88. The van der Waals surface area contributed by atoms with E-state index >= 15 is 0 Å². The lowest BCUT2D eigenvalue weighted by atomic mass is 10.1. The number of rotatable bonds is 5. The highest BCUT2D eigenvalue weighted by Crippen LogP contribution is 2.10. The normalized spacial score (nSPS) is 10.8. The molecule has 2 N–H and O–H groups in total. The van der Waals surface area contributed by atoms with Gasteiger partial charge in [0, 0.05) is 6.04 Å². The predicted octanol–water partition coefficient (Wildman–Crippen LogP) is 2.32. The number of benzene rings is 1. The third-order valence-electron chi connectivity index (χ3n) is 2.13. The van der Waals surface area contributed by atoms with E-state index in [9.17, 15) is 0 Å². The van der Waals surface area contributed by atoms with Crippen LogP contribution in [0.4, 0.5) is 0 Å². The van der Waals surface area contributed by atoms with Crippen molar-refractivity contribution < 1.29 is 5.11 Å². The number of hydrogen-bond donors (Lipinski definition) is 2. The molecule has 0 aliphatic rings. The van der Waals surface area contributed by atoms with Crippen LogP contribution < -0.4 is 5.32 Å². The molecule has 0 aliphatic carbocycles. The molecule has 0 bridgehead atoms. The van der Waals surface area contributed by atoms with Crippen molar-refractivity contribution in [2.45, 2.75) is 32.7 Å². The van der Waals surface area contributed by atoms with Crippen LogP contribution in [0.15, 0.2) is 24.3 Å². The van der Waals surface area contributed by atoms with Gasteiger partial charge in [-0.25, -0.2) is 0 Å². The highest BCUT2D eigenvalue weighted by atomic mass is 16.3. The van der Waals surface area contributed by atoms with Gasteiger partial charge in [-0.1, -0.05) is 26.0 Å². The van der Waals surface area contributed by atoms with Gasteiger partial charge in [-0.05, 0) is 37.1 Å². The van der Waals surface area contributed by atoms with E-state index in [0.717, 1.165) is 19.4 Å². The fourth-order valence-corrected chi connectivity index (χ4v) is 1.35. The predicted molar refractivity (Wildman–Crippen MR) is 59.6 cm³/mol. The molecule has 0 radical (unpaired) electrons. The molecule has 0 heterocycles. The maximum Gasteiger partial charge on any atom is 0.115 e. The minimum absolute atomic E-state index is 0.342. The van der Waals surface area contributed by atoms with Gasteiger partial charge in [0.25, 0.3) is 0 Å². The number of aromatic hydroxyl groups is 1. The van der Waals surface area contributed by atoms with E-state index in [2.05, 4.69) is 19.2 Å². The molecule has 0 aromatic heterocycles. The summed E-state index contributed by atoms with van der Waals surface area (Å²) in [5, 5.41) is 12.5. The average molecular weight is 193 g/mol. The average Bonchev–Trinajstić information content (AvgIpc) is 2.15. The third-order valence-corrected chi connectivity index (χ3v) is 2.13. The number of phenols is 1. The summed E-state index contributed by atoms with van der Waals surface area (Å²) in [4.78, 5) is 0. The molecule has 1 aromatic carbocycles. The van der Waals surface area contributed by atoms with Gasteiger partial charge in [-0.15, -0.1) is 0 Å². The van der Waals surface area contributed by atoms with Crippen molar-refractivity contribution in [1.29, 1.82) is 0 Å². The first-order chi connectivity index (χ1) is 6.68. The Morgan fingerprint density at radius 2 is 1.86 bits per heavy atom. The Kier molecular flexibility index (Phi) is 4.47. The van der Waals surface area contributed by atoms with Gasteiger partial charge in [0.1, 0.15) is 5.75 Å². The molecule has 14 heavy (non-hydrogen) atoms. The largest absolute Gasteiger partial charge is 0.508 e. The summed E-state index contributed by atoms with van der Waals surface area (Å²) in [6, 6.07) is 8.00. The molecule has 0 saturated carbocycles. The van der Waals surface area contributed by atoms with Crippen LogP contribution in [0.3, 0.4) is 0 Å².